The van der Waals surface area contributed by atoms with E-state index in [0.29, 0.717) is 6.54 Å². The minimum Gasteiger partial charge on any atom is -0.329 e. The van der Waals surface area contributed by atoms with Gasteiger partial charge in [0.1, 0.15) is 0 Å². The van der Waals surface area contributed by atoms with Gasteiger partial charge in [-0.2, -0.15) is 0 Å². The molecular formula is C17H23N3. The first-order valence-electron chi connectivity index (χ1n) is 7.14. The van der Waals surface area contributed by atoms with Crippen molar-refractivity contribution in [3.05, 3.63) is 65.5 Å². The number of nitrogens with two attached hydrogens (primary N) is 1. The van der Waals surface area contributed by atoms with E-state index >= 15 is 0 Å². The third-order valence-electron chi connectivity index (χ3n) is 3.75. The first kappa shape index (κ1) is 14.7. The van der Waals surface area contributed by atoms with Crippen molar-refractivity contribution in [2.45, 2.75) is 26.4 Å². The van der Waals surface area contributed by atoms with Crippen molar-refractivity contribution in [1.29, 1.82) is 0 Å². The van der Waals surface area contributed by atoms with Gasteiger partial charge in [0.15, 0.2) is 0 Å². The molecule has 0 bridgehead atoms. The van der Waals surface area contributed by atoms with Gasteiger partial charge in [-0.05, 0) is 42.3 Å². The fraction of sp³-hybridized carbons (Fsp3) is 0.353. The summed E-state index contributed by atoms with van der Waals surface area (Å²) >= 11 is 0. The van der Waals surface area contributed by atoms with E-state index in [4.69, 9.17) is 5.73 Å². The van der Waals surface area contributed by atoms with Gasteiger partial charge in [0.05, 0.1) is 0 Å². The first-order chi connectivity index (χ1) is 9.76. The maximum Gasteiger partial charge on any atom is 0.0476 e. The van der Waals surface area contributed by atoms with Gasteiger partial charge in [0.25, 0.3) is 0 Å². The zero-order chi connectivity index (χ0) is 14.4. The lowest BCUT2D eigenvalue weighted by Crippen LogP contribution is -2.33. The van der Waals surface area contributed by atoms with Crippen LogP contribution in [0.4, 0.5) is 0 Å². The van der Waals surface area contributed by atoms with Crippen LogP contribution < -0.4 is 5.73 Å². The van der Waals surface area contributed by atoms with Gasteiger partial charge in [0, 0.05) is 31.5 Å². The molecule has 0 amide bonds. The molecule has 3 nitrogen and oxygen atoms in total. The molecule has 0 aliphatic carbocycles. The smallest absolute Gasteiger partial charge is 0.0476 e. The Balaban J connectivity index is 2.22. The van der Waals surface area contributed by atoms with Crippen LogP contribution in [0.15, 0.2) is 48.8 Å². The van der Waals surface area contributed by atoms with Crippen molar-refractivity contribution in [2.75, 3.05) is 13.1 Å². The van der Waals surface area contributed by atoms with Crippen LogP contribution in [0.3, 0.4) is 0 Å². The second kappa shape index (κ2) is 7.17. The van der Waals surface area contributed by atoms with Crippen molar-refractivity contribution in [3.63, 3.8) is 0 Å². The standard InChI is InChI=1S/C17H23N3/c1-3-20(13-15-8-10-19-11-9-15)17(12-18)16-7-5-4-6-14(16)2/h4-11,17H,3,12-13,18H2,1-2H3. The van der Waals surface area contributed by atoms with Gasteiger partial charge >= 0.3 is 0 Å². The number of aromatic nitrogens is 1. The van der Waals surface area contributed by atoms with Gasteiger partial charge in [0.2, 0.25) is 0 Å². The second-order valence-electron chi connectivity index (χ2n) is 5.03. The molecule has 2 N–H and O–H groups in total. The predicted molar refractivity (Wildman–Crippen MR) is 83.3 cm³/mol. The third-order valence-corrected chi connectivity index (χ3v) is 3.75. The largest absolute Gasteiger partial charge is 0.329 e. The third kappa shape index (κ3) is 3.44. The molecule has 3 heteroatoms. The fourth-order valence-corrected chi connectivity index (χ4v) is 2.60. The fourth-order valence-electron chi connectivity index (χ4n) is 2.60. The van der Waals surface area contributed by atoms with E-state index in [0.717, 1.165) is 13.1 Å². The van der Waals surface area contributed by atoms with E-state index in [9.17, 15) is 0 Å². The number of rotatable bonds is 6. The molecule has 0 saturated carbocycles. The summed E-state index contributed by atoms with van der Waals surface area (Å²) in [4.78, 5) is 6.49. The molecule has 20 heavy (non-hydrogen) atoms. The maximum absolute atomic E-state index is 6.05. The van der Waals surface area contributed by atoms with Crippen LogP contribution in [0.5, 0.6) is 0 Å². The molecule has 0 fully saturated rings. The Kier molecular flexibility index (Phi) is 5.27. The molecule has 1 heterocycles. The predicted octanol–water partition coefficient (Wildman–Crippen LogP) is 2.91. The van der Waals surface area contributed by atoms with E-state index in [-0.39, 0.29) is 6.04 Å². The van der Waals surface area contributed by atoms with Crippen LogP contribution in [0, 0.1) is 6.92 Å². The highest BCUT2D eigenvalue weighted by atomic mass is 15.2. The minimum atomic E-state index is 0.259. The molecule has 1 aromatic heterocycles. The zero-order valence-electron chi connectivity index (χ0n) is 12.3. The Labute approximate surface area is 121 Å². The molecule has 2 aromatic rings. The quantitative estimate of drug-likeness (QED) is 0.876. The molecule has 2 rings (SSSR count). The maximum atomic E-state index is 6.05. The Morgan fingerprint density at radius 3 is 2.45 bits per heavy atom. The SMILES string of the molecule is CCN(Cc1ccncc1)C(CN)c1ccccc1C. The molecule has 1 aromatic carbocycles. The van der Waals surface area contributed by atoms with E-state index in [2.05, 4.69) is 60.1 Å². The Hall–Kier alpha value is -1.71. The molecule has 106 valence electrons. The van der Waals surface area contributed by atoms with Gasteiger partial charge in [-0.1, -0.05) is 31.2 Å². The van der Waals surface area contributed by atoms with E-state index in [1.807, 2.05) is 12.4 Å². The molecule has 0 spiro atoms. The number of hydrogen-bond acceptors (Lipinski definition) is 3. The normalized spacial score (nSPS) is 12.6. The van der Waals surface area contributed by atoms with Crippen LogP contribution in [-0.4, -0.2) is 23.0 Å². The van der Waals surface area contributed by atoms with Gasteiger partial charge in [-0.15, -0.1) is 0 Å². The van der Waals surface area contributed by atoms with Crippen LogP contribution in [-0.2, 0) is 6.54 Å². The van der Waals surface area contributed by atoms with Crippen molar-refractivity contribution < 1.29 is 0 Å². The number of pyridine rings is 1. The molecule has 0 radical (unpaired) electrons. The summed E-state index contributed by atoms with van der Waals surface area (Å²) in [6.45, 7) is 6.83. The highest BCUT2D eigenvalue weighted by Gasteiger charge is 2.19. The lowest BCUT2D eigenvalue weighted by Gasteiger charge is -2.31. The van der Waals surface area contributed by atoms with Crippen molar-refractivity contribution in [3.8, 4) is 0 Å². The lowest BCUT2D eigenvalue weighted by atomic mass is 9.99. The van der Waals surface area contributed by atoms with E-state index in [1.165, 1.54) is 16.7 Å². The van der Waals surface area contributed by atoms with Crippen LogP contribution in [0.25, 0.3) is 0 Å². The van der Waals surface area contributed by atoms with Crippen molar-refractivity contribution in [2.24, 2.45) is 5.73 Å². The van der Waals surface area contributed by atoms with Crippen LogP contribution in [0.1, 0.15) is 29.7 Å². The molecule has 0 saturated heterocycles. The Bertz CT molecular complexity index is 525. The topological polar surface area (TPSA) is 42.2 Å². The monoisotopic (exact) mass is 269 g/mol. The number of aryl methyl sites for hydroxylation is 1. The number of hydrogen-bond donors (Lipinski definition) is 1. The number of benzene rings is 1. The van der Waals surface area contributed by atoms with Gasteiger partial charge in [-0.3, -0.25) is 9.88 Å². The molecular weight excluding hydrogens is 246 g/mol. The number of likely N-dealkylation sites (N-methyl/N-ethyl adjacent to an activating group) is 1. The summed E-state index contributed by atoms with van der Waals surface area (Å²) in [5, 5.41) is 0. The van der Waals surface area contributed by atoms with E-state index < -0.39 is 0 Å². The summed E-state index contributed by atoms with van der Waals surface area (Å²) in [7, 11) is 0. The highest BCUT2D eigenvalue weighted by Crippen LogP contribution is 2.24. The molecule has 1 unspecified atom stereocenters. The second-order valence-corrected chi connectivity index (χ2v) is 5.03. The van der Waals surface area contributed by atoms with Crippen molar-refractivity contribution in [1.82, 2.24) is 9.88 Å². The zero-order valence-corrected chi connectivity index (χ0v) is 12.3. The van der Waals surface area contributed by atoms with E-state index in [1.54, 1.807) is 0 Å². The van der Waals surface area contributed by atoms with Gasteiger partial charge in [-0.25, -0.2) is 0 Å². The summed E-state index contributed by atoms with van der Waals surface area (Å²) in [5.74, 6) is 0. The Morgan fingerprint density at radius 2 is 1.85 bits per heavy atom. The average Bonchev–Trinajstić information content (AvgIpc) is 2.49. The average molecular weight is 269 g/mol. The lowest BCUT2D eigenvalue weighted by molar-refractivity contribution is 0.203. The summed E-state index contributed by atoms with van der Waals surface area (Å²) in [5.41, 5.74) is 9.95. The van der Waals surface area contributed by atoms with Crippen molar-refractivity contribution >= 4 is 0 Å². The molecule has 0 aliphatic rings. The molecule has 1 atom stereocenters. The summed E-state index contributed by atoms with van der Waals surface area (Å²) in [6.07, 6.45) is 3.68. The minimum absolute atomic E-state index is 0.259. The first-order valence-corrected chi connectivity index (χ1v) is 7.14. The number of nitrogens with zero attached hydrogens (tertiary/aromatic N) is 2. The van der Waals surface area contributed by atoms with Gasteiger partial charge < -0.3 is 5.73 Å². The van der Waals surface area contributed by atoms with Crippen LogP contribution >= 0.6 is 0 Å². The highest BCUT2D eigenvalue weighted by molar-refractivity contribution is 5.29. The summed E-state index contributed by atoms with van der Waals surface area (Å²) in [6, 6.07) is 12.9. The van der Waals surface area contributed by atoms with Crippen LogP contribution in [0.2, 0.25) is 0 Å². The Morgan fingerprint density at radius 1 is 1.15 bits per heavy atom. The summed E-state index contributed by atoms with van der Waals surface area (Å²) < 4.78 is 0. The molecule has 0 aliphatic heterocycles.